The van der Waals surface area contributed by atoms with Gasteiger partial charge in [0, 0.05) is 6.61 Å². The maximum atomic E-state index is 6.63. The highest BCUT2D eigenvalue weighted by molar-refractivity contribution is 5.09. The van der Waals surface area contributed by atoms with Crippen LogP contribution < -0.4 is 0 Å². The second-order valence-corrected chi connectivity index (χ2v) is 9.72. The molecule has 3 aliphatic carbocycles. The lowest BCUT2D eigenvalue weighted by Crippen LogP contribution is -2.52. The van der Waals surface area contributed by atoms with E-state index in [2.05, 4.69) is 27.7 Å². The predicted molar refractivity (Wildman–Crippen MR) is 94.0 cm³/mol. The van der Waals surface area contributed by atoms with Crippen molar-refractivity contribution in [1.29, 1.82) is 0 Å². The van der Waals surface area contributed by atoms with Crippen LogP contribution in [0.25, 0.3) is 0 Å². The molecule has 3 fully saturated rings. The monoisotopic (exact) mass is 306 g/mol. The Hall–Kier alpha value is -0.0400. The maximum absolute atomic E-state index is 6.63. The third kappa shape index (κ3) is 2.99. The molecule has 128 valence electrons. The molecule has 2 bridgehead atoms. The fraction of sp³-hybridized carbons (Fsp3) is 1.00. The normalized spacial score (nSPS) is 43.1. The Morgan fingerprint density at radius 1 is 0.955 bits per heavy atom. The van der Waals surface area contributed by atoms with E-state index in [1.165, 1.54) is 70.6 Å². The zero-order valence-corrected chi connectivity index (χ0v) is 15.5. The first kappa shape index (κ1) is 16.8. The van der Waals surface area contributed by atoms with E-state index in [-0.39, 0.29) is 5.60 Å². The standard InChI is InChI=1S/C21H38O/c1-5-6-7-8-14-22-21-12-9-11-20(4,16-21)18-15-19(2,3)17(18)10-13-21/h17-18H,5-16H2,1-4H3. The van der Waals surface area contributed by atoms with Gasteiger partial charge in [-0.05, 0) is 67.6 Å². The van der Waals surface area contributed by atoms with Gasteiger partial charge in [-0.3, -0.25) is 0 Å². The van der Waals surface area contributed by atoms with Crippen molar-refractivity contribution in [1.82, 2.24) is 0 Å². The summed E-state index contributed by atoms with van der Waals surface area (Å²) in [6, 6.07) is 0. The van der Waals surface area contributed by atoms with E-state index in [1.54, 1.807) is 0 Å². The average molecular weight is 307 g/mol. The second-order valence-electron chi connectivity index (χ2n) is 9.72. The molecule has 0 aromatic heterocycles. The number of hydrogen-bond acceptors (Lipinski definition) is 1. The summed E-state index contributed by atoms with van der Waals surface area (Å²) in [6.45, 7) is 10.9. The fourth-order valence-electron chi connectivity index (χ4n) is 6.26. The molecule has 0 spiro atoms. The molecule has 3 aliphatic rings. The minimum Gasteiger partial charge on any atom is -0.375 e. The topological polar surface area (TPSA) is 9.23 Å². The lowest BCUT2D eigenvalue weighted by molar-refractivity contribution is -0.130. The van der Waals surface area contributed by atoms with Gasteiger partial charge >= 0.3 is 0 Å². The molecule has 0 aromatic carbocycles. The minimum atomic E-state index is 0.243. The predicted octanol–water partition coefficient (Wildman–Crippen LogP) is 6.36. The molecule has 0 saturated heterocycles. The van der Waals surface area contributed by atoms with Gasteiger partial charge < -0.3 is 4.74 Å². The van der Waals surface area contributed by atoms with Gasteiger partial charge in [0.05, 0.1) is 5.60 Å². The van der Waals surface area contributed by atoms with Crippen molar-refractivity contribution in [3.63, 3.8) is 0 Å². The number of ether oxygens (including phenoxy) is 1. The molecule has 0 N–H and O–H groups in total. The summed E-state index contributed by atoms with van der Waals surface area (Å²) in [5, 5.41) is 0. The van der Waals surface area contributed by atoms with Gasteiger partial charge in [-0.15, -0.1) is 0 Å². The zero-order valence-electron chi connectivity index (χ0n) is 15.5. The first-order chi connectivity index (χ1) is 10.4. The first-order valence-electron chi connectivity index (χ1n) is 10.0. The molecular weight excluding hydrogens is 268 g/mol. The highest BCUT2D eigenvalue weighted by Crippen LogP contribution is 2.66. The van der Waals surface area contributed by atoms with Gasteiger partial charge in [0.25, 0.3) is 0 Å². The molecule has 3 saturated carbocycles. The molecule has 1 heteroatoms. The van der Waals surface area contributed by atoms with Crippen molar-refractivity contribution in [3.8, 4) is 0 Å². The Morgan fingerprint density at radius 3 is 2.50 bits per heavy atom. The van der Waals surface area contributed by atoms with Crippen molar-refractivity contribution >= 4 is 0 Å². The van der Waals surface area contributed by atoms with Crippen molar-refractivity contribution in [2.75, 3.05) is 6.61 Å². The van der Waals surface area contributed by atoms with Crippen LogP contribution in [0.5, 0.6) is 0 Å². The second kappa shape index (κ2) is 6.11. The van der Waals surface area contributed by atoms with Gasteiger partial charge in [0.15, 0.2) is 0 Å². The summed E-state index contributed by atoms with van der Waals surface area (Å²) in [6.07, 6.45) is 15.0. The molecule has 0 heterocycles. The van der Waals surface area contributed by atoms with Gasteiger partial charge in [0.2, 0.25) is 0 Å². The minimum absolute atomic E-state index is 0.243. The Kier molecular flexibility index (Phi) is 4.67. The van der Waals surface area contributed by atoms with Crippen LogP contribution in [0.15, 0.2) is 0 Å². The van der Waals surface area contributed by atoms with Crippen LogP contribution in [0.2, 0.25) is 0 Å². The molecular formula is C21H38O. The molecule has 0 aromatic rings. The number of hydrogen-bond donors (Lipinski definition) is 0. The summed E-state index contributed by atoms with van der Waals surface area (Å²) in [5.74, 6) is 1.94. The summed E-state index contributed by atoms with van der Waals surface area (Å²) in [7, 11) is 0. The Balaban J connectivity index is 1.65. The molecule has 1 nitrogen and oxygen atoms in total. The van der Waals surface area contributed by atoms with Crippen LogP contribution in [0.3, 0.4) is 0 Å². The molecule has 0 aliphatic heterocycles. The van der Waals surface area contributed by atoms with E-state index in [0.29, 0.717) is 10.8 Å². The van der Waals surface area contributed by atoms with Crippen LogP contribution in [0.4, 0.5) is 0 Å². The number of rotatable bonds is 6. The van der Waals surface area contributed by atoms with E-state index < -0.39 is 0 Å². The summed E-state index contributed by atoms with van der Waals surface area (Å²) in [5.41, 5.74) is 1.40. The van der Waals surface area contributed by atoms with Crippen molar-refractivity contribution in [2.24, 2.45) is 22.7 Å². The Labute approximate surface area is 138 Å². The largest absolute Gasteiger partial charge is 0.375 e. The van der Waals surface area contributed by atoms with Crippen molar-refractivity contribution in [2.45, 2.75) is 104 Å². The van der Waals surface area contributed by atoms with Gasteiger partial charge in [-0.1, -0.05) is 53.4 Å². The Morgan fingerprint density at radius 2 is 1.77 bits per heavy atom. The van der Waals surface area contributed by atoms with Crippen LogP contribution in [0.1, 0.15) is 98.3 Å². The molecule has 4 unspecified atom stereocenters. The van der Waals surface area contributed by atoms with Gasteiger partial charge in [-0.25, -0.2) is 0 Å². The summed E-state index contributed by atoms with van der Waals surface area (Å²) >= 11 is 0. The average Bonchev–Trinajstić information content (AvgIpc) is 2.51. The van der Waals surface area contributed by atoms with Crippen LogP contribution in [-0.2, 0) is 4.74 Å². The van der Waals surface area contributed by atoms with Crippen molar-refractivity contribution in [3.05, 3.63) is 0 Å². The molecule has 3 rings (SSSR count). The lowest BCUT2D eigenvalue weighted by Gasteiger charge is -2.59. The first-order valence-corrected chi connectivity index (χ1v) is 10.0. The molecule has 4 atom stereocenters. The fourth-order valence-corrected chi connectivity index (χ4v) is 6.26. The quantitative estimate of drug-likeness (QED) is 0.519. The highest BCUT2D eigenvalue weighted by Gasteiger charge is 2.59. The molecule has 22 heavy (non-hydrogen) atoms. The van der Waals surface area contributed by atoms with Crippen LogP contribution in [0, 0.1) is 22.7 Å². The maximum Gasteiger partial charge on any atom is 0.0688 e. The van der Waals surface area contributed by atoms with E-state index in [4.69, 9.17) is 4.74 Å². The van der Waals surface area contributed by atoms with Crippen molar-refractivity contribution < 1.29 is 4.74 Å². The number of unbranched alkanes of at least 4 members (excludes halogenated alkanes) is 3. The lowest BCUT2D eigenvalue weighted by atomic mass is 9.46. The van der Waals surface area contributed by atoms with Gasteiger partial charge in [0.1, 0.15) is 0 Å². The molecule has 0 amide bonds. The Bertz CT molecular complexity index is 387. The highest BCUT2D eigenvalue weighted by atomic mass is 16.5. The number of fused-ring (bicyclic) bond motifs is 4. The van der Waals surface area contributed by atoms with E-state index >= 15 is 0 Å². The van der Waals surface area contributed by atoms with E-state index in [1.807, 2.05) is 0 Å². The van der Waals surface area contributed by atoms with Gasteiger partial charge in [-0.2, -0.15) is 0 Å². The SMILES string of the molecule is CCCCCCOC12CCCC(C)(C1)C1CC(C)(C)C1CC2. The van der Waals surface area contributed by atoms with Crippen LogP contribution >= 0.6 is 0 Å². The van der Waals surface area contributed by atoms with Crippen LogP contribution in [-0.4, -0.2) is 12.2 Å². The molecule has 0 radical (unpaired) electrons. The summed E-state index contributed by atoms with van der Waals surface area (Å²) < 4.78 is 6.63. The third-order valence-corrected chi connectivity index (χ3v) is 7.55. The zero-order chi connectivity index (χ0) is 15.8. The summed E-state index contributed by atoms with van der Waals surface area (Å²) in [4.78, 5) is 0. The smallest absolute Gasteiger partial charge is 0.0688 e. The van der Waals surface area contributed by atoms with E-state index in [9.17, 15) is 0 Å². The van der Waals surface area contributed by atoms with E-state index in [0.717, 1.165) is 18.4 Å². The third-order valence-electron chi connectivity index (χ3n) is 7.55.